The maximum absolute atomic E-state index is 10.9. The Kier molecular flexibility index (Phi) is 7.77. The van der Waals surface area contributed by atoms with Gasteiger partial charge in [0.1, 0.15) is 22.4 Å². The Morgan fingerprint density at radius 2 is 1.89 bits per heavy atom. The summed E-state index contributed by atoms with van der Waals surface area (Å²) in [6.07, 6.45) is 0.370. The summed E-state index contributed by atoms with van der Waals surface area (Å²) in [6.45, 7) is 10.2. The fourth-order valence-electron chi connectivity index (χ4n) is 4.79. The molecule has 4 rings (SSSR count). The molecule has 36 heavy (non-hydrogen) atoms. The molecule has 5 atom stereocenters. The standard InChI is InChI=1S/C25H36N6O4S/c1-12(11-34-6)27-24-28-13(2)18(23-30-19-14(3)26-9-8-17(19)36-23)22(31-24)29-16-10-15(20(32)21(16)33)25(4,5)35-7/h8-9,12,15-16,20-21,32-33H,10-11H2,1-7H3,(H2,27,28,29,31)/t12-,15+,16-,20-,21+/m1/s1. The maximum atomic E-state index is 10.9. The highest BCUT2D eigenvalue weighted by Crippen LogP contribution is 2.41. The molecule has 3 aromatic heterocycles. The van der Waals surface area contributed by atoms with Crippen LogP contribution < -0.4 is 10.6 Å². The lowest BCUT2D eigenvalue weighted by Crippen LogP contribution is -2.41. The lowest BCUT2D eigenvalue weighted by atomic mass is 9.87. The van der Waals surface area contributed by atoms with Crippen molar-refractivity contribution >= 4 is 33.3 Å². The fourth-order valence-corrected chi connectivity index (χ4v) is 5.90. The van der Waals surface area contributed by atoms with Crippen molar-refractivity contribution in [3.05, 3.63) is 23.7 Å². The Bertz CT molecular complexity index is 1220. The van der Waals surface area contributed by atoms with E-state index in [2.05, 4.69) is 15.6 Å². The third-order valence-electron chi connectivity index (χ3n) is 7.01. The second-order valence-corrected chi connectivity index (χ2v) is 11.0. The van der Waals surface area contributed by atoms with Crippen molar-refractivity contribution < 1.29 is 19.7 Å². The number of pyridine rings is 1. The van der Waals surface area contributed by atoms with E-state index in [-0.39, 0.29) is 12.0 Å². The minimum absolute atomic E-state index is 0.00458. The number of nitrogens with one attached hydrogen (secondary N) is 2. The molecule has 0 amide bonds. The van der Waals surface area contributed by atoms with Gasteiger partial charge in [0, 0.05) is 32.4 Å². The molecule has 1 aliphatic carbocycles. The average molecular weight is 517 g/mol. The van der Waals surface area contributed by atoms with Crippen LogP contribution in [0.2, 0.25) is 0 Å². The van der Waals surface area contributed by atoms with Crippen LogP contribution in [0.15, 0.2) is 12.3 Å². The molecule has 0 radical (unpaired) electrons. The van der Waals surface area contributed by atoms with Gasteiger partial charge in [0.2, 0.25) is 5.95 Å². The van der Waals surface area contributed by atoms with Gasteiger partial charge in [-0.2, -0.15) is 4.98 Å². The topological polar surface area (TPSA) is 135 Å². The number of aliphatic hydroxyl groups excluding tert-OH is 2. The van der Waals surface area contributed by atoms with Gasteiger partial charge in [0.15, 0.2) is 0 Å². The van der Waals surface area contributed by atoms with E-state index in [1.807, 2.05) is 40.7 Å². The Labute approximate surface area is 215 Å². The molecule has 0 bridgehead atoms. The van der Waals surface area contributed by atoms with E-state index in [1.54, 1.807) is 31.8 Å². The van der Waals surface area contributed by atoms with Gasteiger partial charge in [-0.1, -0.05) is 0 Å². The van der Waals surface area contributed by atoms with E-state index < -0.39 is 23.9 Å². The SMILES string of the molecule is COC[C@@H](C)Nc1nc(C)c(-c2nc3c(C)nccc3s2)c(N[C@@H]2C[C@H](C(C)(C)OC)[C@@H](O)[C@H]2O)n1. The summed E-state index contributed by atoms with van der Waals surface area (Å²) in [5, 5.41) is 29.2. The molecule has 10 nitrogen and oxygen atoms in total. The molecule has 4 N–H and O–H groups in total. The van der Waals surface area contributed by atoms with Crippen LogP contribution in [0.5, 0.6) is 0 Å². The highest BCUT2D eigenvalue weighted by atomic mass is 32.1. The number of fused-ring (bicyclic) bond motifs is 1. The largest absolute Gasteiger partial charge is 0.390 e. The van der Waals surface area contributed by atoms with Gasteiger partial charge in [-0.05, 0) is 47.1 Å². The number of aliphatic hydroxyl groups is 2. The minimum Gasteiger partial charge on any atom is -0.390 e. The monoisotopic (exact) mass is 516 g/mol. The summed E-state index contributed by atoms with van der Waals surface area (Å²) in [6, 6.07) is 1.51. The van der Waals surface area contributed by atoms with Gasteiger partial charge in [0.05, 0.1) is 46.0 Å². The first-order valence-corrected chi connectivity index (χ1v) is 12.9. The molecular weight excluding hydrogens is 480 g/mol. The van der Waals surface area contributed by atoms with E-state index in [1.165, 1.54) is 0 Å². The number of ether oxygens (including phenoxy) is 2. The van der Waals surface area contributed by atoms with Crippen LogP contribution in [0.25, 0.3) is 20.8 Å². The molecular formula is C25H36N6O4S. The number of nitrogens with zero attached hydrogens (tertiary/aromatic N) is 4. The maximum Gasteiger partial charge on any atom is 0.225 e. The Morgan fingerprint density at radius 1 is 1.14 bits per heavy atom. The molecule has 0 spiro atoms. The lowest BCUT2D eigenvalue weighted by Gasteiger charge is -2.32. The van der Waals surface area contributed by atoms with Crippen LogP contribution in [-0.2, 0) is 9.47 Å². The summed E-state index contributed by atoms with van der Waals surface area (Å²) >= 11 is 1.55. The highest BCUT2D eigenvalue weighted by Gasteiger charge is 2.48. The molecule has 196 valence electrons. The van der Waals surface area contributed by atoms with Gasteiger partial charge in [0.25, 0.3) is 0 Å². The molecule has 0 saturated heterocycles. The zero-order valence-electron chi connectivity index (χ0n) is 21.9. The second-order valence-electron chi connectivity index (χ2n) is 10.0. The number of thiazole rings is 1. The van der Waals surface area contributed by atoms with Crippen LogP contribution in [0.1, 0.15) is 38.6 Å². The summed E-state index contributed by atoms with van der Waals surface area (Å²) in [5.41, 5.74) is 2.61. The second kappa shape index (κ2) is 10.5. The van der Waals surface area contributed by atoms with Crippen molar-refractivity contribution in [2.45, 2.75) is 70.9 Å². The Hall–Kier alpha value is -2.44. The average Bonchev–Trinajstić information content (AvgIpc) is 3.37. The number of rotatable bonds is 9. The summed E-state index contributed by atoms with van der Waals surface area (Å²) in [7, 11) is 3.27. The molecule has 3 heterocycles. The normalized spacial score (nSPS) is 23.2. The van der Waals surface area contributed by atoms with Gasteiger partial charge in [-0.15, -0.1) is 11.3 Å². The van der Waals surface area contributed by atoms with E-state index in [0.717, 1.165) is 32.2 Å². The van der Waals surface area contributed by atoms with E-state index in [4.69, 9.17) is 24.4 Å². The molecule has 1 saturated carbocycles. The summed E-state index contributed by atoms with van der Waals surface area (Å²) < 4.78 is 11.9. The first-order valence-electron chi connectivity index (χ1n) is 12.1. The predicted octanol–water partition coefficient (Wildman–Crippen LogP) is 3.16. The molecule has 1 aliphatic rings. The summed E-state index contributed by atoms with van der Waals surface area (Å²) in [4.78, 5) is 18.7. The van der Waals surface area contributed by atoms with Gasteiger partial charge < -0.3 is 30.3 Å². The van der Waals surface area contributed by atoms with Crippen LogP contribution >= 0.6 is 11.3 Å². The van der Waals surface area contributed by atoms with Crippen molar-refractivity contribution in [2.24, 2.45) is 5.92 Å². The number of hydrogen-bond donors (Lipinski definition) is 4. The van der Waals surface area contributed by atoms with Gasteiger partial charge in [-0.25, -0.2) is 9.97 Å². The van der Waals surface area contributed by atoms with Crippen LogP contribution in [0.4, 0.5) is 11.8 Å². The van der Waals surface area contributed by atoms with E-state index >= 15 is 0 Å². The molecule has 11 heteroatoms. The van der Waals surface area contributed by atoms with E-state index in [9.17, 15) is 10.2 Å². The van der Waals surface area contributed by atoms with Crippen molar-refractivity contribution in [1.29, 1.82) is 0 Å². The third kappa shape index (κ3) is 5.16. The van der Waals surface area contributed by atoms with Crippen molar-refractivity contribution in [3.63, 3.8) is 0 Å². The molecule has 0 aliphatic heterocycles. The predicted molar refractivity (Wildman–Crippen MR) is 141 cm³/mol. The lowest BCUT2D eigenvalue weighted by molar-refractivity contribution is -0.0819. The van der Waals surface area contributed by atoms with Crippen LogP contribution in [-0.4, -0.2) is 80.9 Å². The number of aryl methyl sites for hydroxylation is 2. The number of aromatic nitrogens is 4. The quantitative estimate of drug-likeness (QED) is 0.336. The molecule has 3 aromatic rings. The third-order valence-corrected chi connectivity index (χ3v) is 8.05. The zero-order valence-corrected chi connectivity index (χ0v) is 22.7. The van der Waals surface area contributed by atoms with Crippen LogP contribution in [0.3, 0.4) is 0 Å². The van der Waals surface area contributed by atoms with Gasteiger partial charge >= 0.3 is 0 Å². The number of anilines is 2. The molecule has 0 unspecified atom stereocenters. The smallest absolute Gasteiger partial charge is 0.225 e. The molecule has 0 aromatic carbocycles. The van der Waals surface area contributed by atoms with Crippen molar-refractivity contribution in [3.8, 4) is 10.6 Å². The first-order chi connectivity index (χ1) is 17.1. The first kappa shape index (κ1) is 26.6. The van der Waals surface area contributed by atoms with Crippen molar-refractivity contribution in [2.75, 3.05) is 31.5 Å². The molecule has 1 fully saturated rings. The summed E-state index contributed by atoms with van der Waals surface area (Å²) in [5.74, 6) is 0.743. The Balaban J connectivity index is 1.76. The van der Waals surface area contributed by atoms with Crippen molar-refractivity contribution in [1.82, 2.24) is 19.9 Å². The highest BCUT2D eigenvalue weighted by molar-refractivity contribution is 7.21. The Morgan fingerprint density at radius 3 is 2.56 bits per heavy atom. The zero-order chi connectivity index (χ0) is 26.2. The van der Waals surface area contributed by atoms with E-state index in [0.29, 0.717) is 24.8 Å². The van der Waals surface area contributed by atoms with Gasteiger partial charge in [-0.3, -0.25) is 4.98 Å². The number of methoxy groups -OCH3 is 2. The van der Waals surface area contributed by atoms with Crippen LogP contribution in [0, 0.1) is 19.8 Å². The minimum atomic E-state index is -0.988. The fraction of sp³-hybridized carbons (Fsp3) is 0.600. The number of hydrogen-bond acceptors (Lipinski definition) is 11.